The Kier molecular flexibility index (Phi) is 2.22. The number of hydrogen-bond acceptors (Lipinski definition) is 4. The van der Waals surface area contributed by atoms with Crippen LogP contribution in [0.5, 0.6) is 0 Å². The van der Waals surface area contributed by atoms with Gasteiger partial charge in [-0.3, -0.25) is 0 Å². The summed E-state index contributed by atoms with van der Waals surface area (Å²) in [7, 11) is -1.45. The number of thiophene rings is 1. The van der Waals surface area contributed by atoms with Crippen LogP contribution in [0.25, 0.3) is 10.1 Å². The summed E-state index contributed by atoms with van der Waals surface area (Å²) >= 11 is 1.56. The quantitative estimate of drug-likeness (QED) is 0.470. The van der Waals surface area contributed by atoms with E-state index in [1.807, 2.05) is 12.3 Å². The summed E-state index contributed by atoms with van der Waals surface area (Å²) < 4.78 is 0.991. The molecule has 0 aliphatic carbocycles. The zero-order valence-corrected chi connectivity index (χ0v) is 8.51. The lowest BCUT2D eigenvalue weighted by molar-refractivity contribution is 0.426. The highest BCUT2D eigenvalue weighted by Crippen LogP contribution is 2.29. The van der Waals surface area contributed by atoms with Crippen molar-refractivity contribution in [3.05, 3.63) is 23.1 Å². The Morgan fingerprint density at radius 2 is 2.07 bits per heavy atom. The Balaban J connectivity index is 2.74. The summed E-state index contributed by atoms with van der Waals surface area (Å²) in [4.78, 5) is 0. The van der Waals surface area contributed by atoms with Gasteiger partial charge in [-0.15, -0.1) is 11.3 Å². The van der Waals surface area contributed by atoms with Crippen LogP contribution in [0.4, 0.5) is 5.69 Å². The molecule has 5 heteroatoms. The Morgan fingerprint density at radius 3 is 2.71 bits per heavy atom. The Morgan fingerprint density at radius 1 is 1.36 bits per heavy atom. The van der Waals surface area contributed by atoms with E-state index in [2.05, 4.69) is 0 Å². The Hall–Kier alpha value is -1.04. The third kappa shape index (κ3) is 1.39. The largest absolute Gasteiger partial charge is 0.488 e. The minimum Gasteiger partial charge on any atom is -0.423 e. The van der Waals surface area contributed by atoms with E-state index in [9.17, 15) is 0 Å². The first kappa shape index (κ1) is 9.52. The van der Waals surface area contributed by atoms with Gasteiger partial charge in [0.25, 0.3) is 0 Å². The van der Waals surface area contributed by atoms with E-state index in [0.717, 1.165) is 15.6 Å². The van der Waals surface area contributed by atoms with Crippen molar-refractivity contribution in [2.45, 2.75) is 6.92 Å². The van der Waals surface area contributed by atoms with Gasteiger partial charge in [-0.2, -0.15) is 0 Å². The molecular weight excluding hydrogens is 197 g/mol. The molecule has 0 unspecified atom stereocenters. The molecule has 0 atom stereocenters. The third-order valence-electron chi connectivity index (χ3n) is 2.21. The smallest absolute Gasteiger partial charge is 0.423 e. The summed E-state index contributed by atoms with van der Waals surface area (Å²) in [6, 6.07) is 3.36. The standard InChI is InChI=1S/C9H10BNO2S/c1-5-4-14-8-3-6(10(12)13)2-7(11)9(5)8/h2-4,12-13H,11H2,1H3. The van der Waals surface area contributed by atoms with Crippen LogP contribution in [0.1, 0.15) is 5.56 Å². The van der Waals surface area contributed by atoms with E-state index in [-0.39, 0.29) is 0 Å². The maximum atomic E-state index is 9.02. The van der Waals surface area contributed by atoms with E-state index in [1.54, 1.807) is 23.5 Å². The second kappa shape index (κ2) is 3.27. The molecule has 0 radical (unpaired) electrons. The maximum Gasteiger partial charge on any atom is 0.488 e. The molecule has 1 aromatic carbocycles. The summed E-state index contributed by atoms with van der Waals surface area (Å²) in [6.07, 6.45) is 0. The molecule has 0 amide bonds. The first-order valence-corrected chi connectivity index (χ1v) is 5.11. The van der Waals surface area contributed by atoms with Crippen LogP contribution in [0.2, 0.25) is 0 Å². The van der Waals surface area contributed by atoms with Crippen LogP contribution >= 0.6 is 11.3 Å². The van der Waals surface area contributed by atoms with Gasteiger partial charge in [0.1, 0.15) is 0 Å². The van der Waals surface area contributed by atoms with Crippen molar-refractivity contribution >= 4 is 39.7 Å². The van der Waals surface area contributed by atoms with Crippen molar-refractivity contribution < 1.29 is 10.0 Å². The van der Waals surface area contributed by atoms with Crippen LogP contribution in [-0.2, 0) is 0 Å². The summed E-state index contributed by atoms with van der Waals surface area (Å²) in [5.74, 6) is 0. The van der Waals surface area contributed by atoms with Crippen molar-refractivity contribution in [1.82, 2.24) is 0 Å². The normalized spacial score (nSPS) is 10.8. The van der Waals surface area contributed by atoms with Gasteiger partial charge in [-0.05, 0) is 35.5 Å². The maximum absolute atomic E-state index is 9.02. The van der Waals surface area contributed by atoms with Gasteiger partial charge in [0, 0.05) is 15.8 Å². The van der Waals surface area contributed by atoms with Crippen molar-refractivity contribution in [3.63, 3.8) is 0 Å². The topological polar surface area (TPSA) is 66.5 Å². The SMILES string of the molecule is Cc1csc2cc(B(O)O)cc(N)c12. The molecule has 0 aliphatic heterocycles. The number of anilines is 1. The molecule has 72 valence electrons. The summed E-state index contributed by atoms with van der Waals surface area (Å²) in [5, 5.41) is 21.1. The van der Waals surface area contributed by atoms with Gasteiger partial charge >= 0.3 is 7.12 Å². The molecule has 0 saturated heterocycles. The lowest BCUT2D eigenvalue weighted by atomic mass is 9.80. The highest BCUT2D eigenvalue weighted by atomic mass is 32.1. The van der Waals surface area contributed by atoms with Crippen molar-refractivity contribution in [3.8, 4) is 0 Å². The predicted molar refractivity (Wildman–Crippen MR) is 60.8 cm³/mol. The molecule has 0 aliphatic rings. The molecule has 4 N–H and O–H groups in total. The molecule has 3 nitrogen and oxygen atoms in total. The number of fused-ring (bicyclic) bond motifs is 1. The van der Waals surface area contributed by atoms with Gasteiger partial charge in [0.2, 0.25) is 0 Å². The summed E-state index contributed by atoms with van der Waals surface area (Å²) in [6.45, 7) is 1.99. The zero-order valence-electron chi connectivity index (χ0n) is 7.69. The van der Waals surface area contributed by atoms with Gasteiger partial charge in [0.15, 0.2) is 0 Å². The first-order chi connectivity index (χ1) is 6.59. The van der Waals surface area contributed by atoms with Crippen LogP contribution in [-0.4, -0.2) is 17.2 Å². The average Bonchev–Trinajstić information content (AvgIpc) is 2.48. The molecule has 1 heterocycles. The van der Waals surface area contributed by atoms with Crippen molar-refractivity contribution in [2.75, 3.05) is 5.73 Å². The van der Waals surface area contributed by atoms with Crippen LogP contribution < -0.4 is 11.2 Å². The van der Waals surface area contributed by atoms with Crippen LogP contribution in [0.3, 0.4) is 0 Å². The van der Waals surface area contributed by atoms with Crippen LogP contribution in [0.15, 0.2) is 17.5 Å². The fraction of sp³-hybridized carbons (Fsp3) is 0.111. The molecule has 2 aromatic rings. The zero-order chi connectivity index (χ0) is 10.3. The predicted octanol–water partition coefficient (Wildman–Crippen LogP) is 0.472. The highest BCUT2D eigenvalue weighted by molar-refractivity contribution is 7.17. The van der Waals surface area contributed by atoms with Gasteiger partial charge < -0.3 is 15.8 Å². The number of aryl methyl sites for hydroxylation is 1. The van der Waals surface area contributed by atoms with Crippen molar-refractivity contribution in [1.29, 1.82) is 0 Å². The van der Waals surface area contributed by atoms with Crippen LogP contribution in [0, 0.1) is 6.92 Å². The summed E-state index contributed by atoms with van der Waals surface area (Å²) in [5.41, 5.74) is 7.99. The highest BCUT2D eigenvalue weighted by Gasteiger charge is 2.14. The third-order valence-corrected chi connectivity index (χ3v) is 3.26. The minimum atomic E-state index is -1.45. The Labute approximate surface area is 85.9 Å². The van der Waals surface area contributed by atoms with Gasteiger partial charge in [0.05, 0.1) is 0 Å². The number of nitrogen functional groups attached to an aromatic ring is 1. The molecule has 2 rings (SSSR count). The first-order valence-electron chi connectivity index (χ1n) is 4.23. The fourth-order valence-corrected chi connectivity index (χ4v) is 2.56. The Bertz CT molecular complexity index is 481. The van der Waals surface area contributed by atoms with E-state index in [0.29, 0.717) is 11.2 Å². The molecule has 14 heavy (non-hydrogen) atoms. The van der Waals surface area contributed by atoms with Crippen molar-refractivity contribution in [2.24, 2.45) is 0 Å². The van der Waals surface area contributed by atoms with Gasteiger partial charge in [-0.1, -0.05) is 0 Å². The van der Waals surface area contributed by atoms with E-state index in [1.165, 1.54) is 0 Å². The minimum absolute atomic E-state index is 0.442. The van der Waals surface area contributed by atoms with Gasteiger partial charge in [-0.25, -0.2) is 0 Å². The number of benzene rings is 1. The number of rotatable bonds is 1. The molecular formula is C9H10BNO2S. The number of nitrogens with two attached hydrogens (primary N) is 1. The van der Waals surface area contributed by atoms with E-state index in [4.69, 9.17) is 15.8 Å². The monoisotopic (exact) mass is 207 g/mol. The average molecular weight is 207 g/mol. The molecule has 0 saturated carbocycles. The molecule has 0 bridgehead atoms. The van der Waals surface area contributed by atoms with E-state index < -0.39 is 7.12 Å². The second-order valence-electron chi connectivity index (χ2n) is 3.28. The second-order valence-corrected chi connectivity index (χ2v) is 4.19. The lowest BCUT2D eigenvalue weighted by Gasteiger charge is -2.03. The van der Waals surface area contributed by atoms with E-state index >= 15 is 0 Å². The number of hydrogen-bond donors (Lipinski definition) is 3. The fourth-order valence-electron chi connectivity index (χ4n) is 1.53. The molecule has 0 fully saturated rings. The lowest BCUT2D eigenvalue weighted by Crippen LogP contribution is -2.29. The molecule has 0 spiro atoms. The molecule has 1 aromatic heterocycles.